The van der Waals surface area contributed by atoms with E-state index in [0.29, 0.717) is 10.9 Å². The fraction of sp³-hybridized carbons (Fsp3) is 0.256. The molecule has 1 aliphatic rings. The van der Waals surface area contributed by atoms with Crippen molar-refractivity contribution in [3.05, 3.63) is 167 Å². The number of hydrogen-bond acceptors (Lipinski definition) is 10. The van der Waals surface area contributed by atoms with Gasteiger partial charge in [-0.1, -0.05) is 133 Å². The number of para-hydroxylation sites is 1. The van der Waals surface area contributed by atoms with Gasteiger partial charge in [0.15, 0.2) is 6.29 Å². The van der Waals surface area contributed by atoms with E-state index in [4.69, 9.17) is 9.47 Å². The van der Waals surface area contributed by atoms with Gasteiger partial charge in [-0.15, -0.1) is 5.10 Å². The number of tetrazole rings is 1. The van der Waals surface area contributed by atoms with Gasteiger partial charge >= 0.3 is 0 Å². The summed E-state index contributed by atoms with van der Waals surface area (Å²) < 4.78 is 44.3. The number of hydrogen-bond donors (Lipinski definition) is 3. The average molecular weight is 805 g/mol. The molecule has 3 N–H and O–H groups in total. The van der Waals surface area contributed by atoms with Crippen molar-refractivity contribution >= 4 is 27.7 Å². The van der Waals surface area contributed by atoms with Gasteiger partial charge < -0.3 is 19.9 Å². The molecule has 1 aromatic heterocycles. The Hall–Kier alpha value is -5.22. The first-order chi connectivity index (χ1) is 27.7. The van der Waals surface area contributed by atoms with E-state index in [1.165, 1.54) is 23.9 Å². The van der Waals surface area contributed by atoms with Crippen LogP contribution >= 0.6 is 11.8 Å². The summed E-state index contributed by atoms with van der Waals surface area (Å²) in [6, 6.07) is 39.8. The molecular weight excluding hydrogens is 761 g/mol. The Morgan fingerprint density at radius 1 is 0.825 bits per heavy atom. The summed E-state index contributed by atoms with van der Waals surface area (Å²) in [6.45, 7) is 4.11. The number of aromatic nitrogens is 4. The zero-order chi connectivity index (χ0) is 39.8. The molecule has 5 atom stereocenters. The number of amides is 1. The third kappa shape index (κ3) is 10.0. The number of rotatable bonds is 15. The number of aliphatic hydroxyl groups excluding tert-OH is 1. The Morgan fingerprint density at radius 3 is 2.16 bits per heavy atom. The van der Waals surface area contributed by atoms with Crippen LogP contribution in [-0.4, -0.2) is 57.5 Å². The highest BCUT2D eigenvalue weighted by Gasteiger charge is 2.38. The Labute approximate surface area is 336 Å². The van der Waals surface area contributed by atoms with E-state index >= 15 is 0 Å². The molecule has 0 radical (unpaired) electrons. The van der Waals surface area contributed by atoms with Crippen LogP contribution in [0, 0.1) is 12.8 Å². The van der Waals surface area contributed by atoms with Crippen LogP contribution in [0.3, 0.4) is 0 Å². The van der Waals surface area contributed by atoms with Gasteiger partial charge in [0, 0.05) is 23.8 Å². The standard InChI is InChI=1S/C43H44N6O6S2/c1-29-13-23-37(24-14-29)57(52,53)46-38(25-31-9-5-3-6-10-31)41(51)44-26-32-15-21-35(22-16-32)42-54-39(30(2)40(55-42)34-19-17-33(27-50)18-20-34)28-56-43-45-47-48-49(43)36-11-7-4-8-12-36/h3-24,30,38-40,42,46,50H,25-28H2,1-2H3,(H,44,51). The van der Waals surface area contributed by atoms with E-state index < -0.39 is 28.3 Å². The second-order valence-corrected chi connectivity index (χ2v) is 16.7. The van der Waals surface area contributed by atoms with Crippen molar-refractivity contribution in [2.24, 2.45) is 5.92 Å². The third-order valence-corrected chi connectivity index (χ3v) is 12.4. The number of aryl methyl sites for hydroxylation is 1. The van der Waals surface area contributed by atoms with Gasteiger partial charge in [0.1, 0.15) is 6.04 Å². The van der Waals surface area contributed by atoms with Crippen LogP contribution in [0.2, 0.25) is 0 Å². The molecule has 0 spiro atoms. The van der Waals surface area contributed by atoms with Crippen molar-refractivity contribution in [3.63, 3.8) is 0 Å². The maximum absolute atomic E-state index is 13.6. The molecule has 6 aromatic rings. The zero-order valence-corrected chi connectivity index (χ0v) is 33.1. The minimum Gasteiger partial charge on any atom is -0.392 e. The van der Waals surface area contributed by atoms with Crippen LogP contribution in [0.1, 0.15) is 52.7 Å². The largest absolute Gasteiger partial charge is 0.392 e. The van der Waals surface area contributed by atoms with Gasteiger partial charge in [-0.3, -0.25) is 4.79 Å². The first-order valence-electron chi connectivity index (χ1n) is 18.6. The molecule has 0 bridgehead atoms. The average Bonchev–Trinajstić information content (AvgIpc) is 3.72. The van der Waals surface area contributed by atoms with Crippen molar-refractivity contribution in [1.29, 1.82) is 0 Å². The molecule has 57 heavy (non-hydrogen) atoms. The molecule has 1 amide bonds. The van der Waals surface area contributed by atoms with E-state index in [-0.39, 0.29) is 42.6 Å². The highest BCUT2D eigenvalue weighted by molar-refractivity contribution is 7.99. The topological polar surface area (TPSA) is 158 Å². The minimum absolute atomic E-state index is 0.0449. The summed E-state index contributed by atoms with van der Waals surface area (Å²) in [5, 5.41) is 25.6. The number of benzene rings is 5. The number of carbonyl (C=O) groups excluding carboxylic acids is 1. The number of nitrogens with one attached hydrogen (secondary N) is 2. The maximum atomic E-state index is 13.6. The first kappa shape index (κ1) is 40.0. The highest BCUT2D eigenvalue weighted by Crippen LogP contribution is 2.43. The Balaban J connectivity index is 1.05. The normalized spacial score (nSPS) is 18.9. The first-order valence-corrected chi connectivity index (χ1v) is 21.1. The highest BCUT2D eigenvalue weighted by atomic mass is 32.2. The van der Waals surface area contributed by atoms with Crippen LogP contribution in [-0.2, 0) is 43.9 Å². The van der Waals surface area contributed by atoms with Crippen LogP contribution in [0.15, 0.2) is 144 Å². The molecule has 0 saturated carbocycles. The Morgan fingerprint density at radius 2 is 1.47 bits per heavy atom. The van der Waals surface area contributed by atoms with E-state index in [9.17, 15) is 18.3 Å². The number of sulfonamides is 1. The quantitative estimate of drug-likeness (QED) is 0.101. The summed E-state index contributed by atoms with van der Waals surface area (Å²) >= 11 is 1.51. The summed E-state index contributed by atoms with van der Waals surface area (Å²) in [5.41, 5.74) is 6.01. The predicted octanol–water partition coefficient (Wildman–Crippen LogP) is 6.25. The zero-order valence-electron chi connectivity index (χ0n) is 31.5. The molecule has 2 heterocycles. The van der Waals surface area contributed by atoms with Gasteiger partial charge in [-0.2, -0.15) is 9.40 Å². The predicted molar refractivity (Wildman–Crippen MR) is 217 cm³/mol. The lowest BCUT2D eigenvalue weighted by Gasteiger charge is -2.41. The molecule has 5 unspecified atom stereocenters. The van der Waals surface area contributed by atoms with Gasteiger partial charge in [0.2, 0.25) is 21.1 Å². The van der Waals surface area contributed by atoms with Crippen LogP contribution < -0.4 is 10.0 Å². The monoisotopic (exact) mass is 804 g/mol. The lowest BCUT2D eigenvalue weighted by molar-refractivity contribution is -0.268. The van der Waals surface area contributed by atoms with Gasteiger partial charge in [-0.25, -0.2) is 8.42 Å². The number of aliphatic hydroxyl groups is 1. The number of nitrogens with zero attached hydrogens (tertiary/aromatic N) is 4. The Kier molecular flexibility index (Phi) is 12.9. The van der Waals surface area contributed by atoms with Crippen molar-refractivity contribution in [2.45, 2.75) is 68.0 Å². The molecule has 7 rings (SSSR count). The molecular formula is C43H44N6O6S2. The lowest BCUT2D eigenvalue weighted by atomic mass is 9.91. The SMILES string of the molecule is Cc1ccc(S(=O)(=O)NC(Cc2ccccc2)C(=O)NCc2ccc(C3OC(CSc4nnnn4-c4ccccc4)C(C)C(c4ccc(CO)cc4)O3)cc2)cc1. The minimum atomic E-state index is -3.97. The number of thioether (sulfide) groups is 1. The molecule has 1 fully saturated rings. The lowest BCUT2D eigenvalue weighted by Crippen LogP contribution is -2.47. The fourth-order valence-corrected chi connectivity index (χ4v) is 8.83. The maximum Gasteiger partial charge on any atom is 0.241 e. The Bertz CT molecular complexity index is 2330. The second-order valence-electron chi connectivity index (χ2n) is 14.0. The van der Waals surface area contributed by atoms with E-state index in [2.05, 4.69) is 32.5 Å². The summed E-state index contributed by atoms with van der Waals surface area (Å²) in [6.07, 6.45) is -1.08. The van der Waals surface area contributed by atoms with Crippen LogP contribution in [0.5, 0.6) is 0 Å². The number of carbonyl (C=O) groups is 1. The van der Waals surface area contributed by atoms with Gasteiger partial charge in [0.05, 0.1) is 29.4 Å². The van der Waals surface area contributed by atoms with Gasteiger partial charge in [-0.05, 0) is 70.3 Å². The smallest absolute Gasteiger partial charge is 0.241 e. The number of ether oxygens (including phenoxy) is 2. The molecule has 12 nitrogen and oxygen atoms in total. The fourth-order valence-electron chi connectivity index (χ4n) is 6.58. The van der Waals surface area contributed by atoms with Crippen molar-refractivity contribution < 1.29 is 27.8 Å². The van der Waals surface area contributed by atoms with Crippen LogP contribution in [0.4, 0.5) is 0 Å². The third-order valence-electron chi connectivity index (χ3n) is 9.89. The summed E-state index contributed by atoms with van der Waals surface area (Å²) in [4.78, 5) is 13.7. The molecule has 1 aliphatic heterocycles. The van der Waals surface area contributed by atoms with Crippen molar-refractivity contribution in [2.75, 3.05) is 5.75 Å². The van der Waals surface area contributed by atoms with Crippen LogP contribution in [0.25, 0.3) is 5.69 Å². The molecule has 1 saturated heterocycles. The summed E-state index contributed by atoms with van der Waals surface area (Å²) in [7, 11) is -3.97. The van der Waals surface area contributed by atoms with E-state index in [0.717, 1.165) is 39.1 Å². The molecule has 294 valence electrons. The van der Waals surface area contributed by atoms with Crippen molar-refractivity contribution in [3.8, 4) is 5.69 Å². The second kappa shape index (κ2) is 18.4. The van der Waals surface area contributed by atoms with Gasteiger partial charge in [0.25, 0.3) is 0 Å². The van der Waals surface area contributed by atoms with Crippen molar-refractivity contribution in [1.82, 2.24) is 30.2 Å². The summed E-state index contributed by atoms with van der Waals surface area (Å²) in [5.74, 6) is 0.0678. The molecule has 0 aliphatic carbocycles. The molecule has 5 aromatic carbocycles. The van der Waals surface area contributed by atoms with E-state index in [1.54, 1.807) is 16.8 Å². The molecule has 14 heteroatoms. The van der Waals surface area contributed by atoms with E-state index in [1.807, 2.05) is 116 Å².